The summed E-state index contributed by atoms with van der Waals surface area (Å²) in [5.41, 5.74) is 13.5. The predicted molar refractivity (Wildman–Crippen MR) is 218 cm³/mol. The number of aromatic nitrogens is 1. The molecule has 0 bridgehead atoms. The van der Waals surface area contributed by atoms with Gasteiger partial charge in [0.15, 0.2) is 0 Å². The van der Waals surface area contributed by atoms with Crippen molar-refractivity contribution in [2.45, 2.75) is 25.0 Å². The quantitative estimate of drug-likeness (QED) is 0.181. The Hall–Kier alpha value is -5.74. The fourth-order valence-electron chi connectivity index (χ4n) is 8.80. The zero-order chi connectivity index (χ0) is 34.2. The molecular formula is C49H31NS2. The van der Waals surface area contributed by atoms with Gasteiger partial charge in [-0.1, -0.05) is 175 Å². The Morgan fingerprint density at radius 1 is 0.385 bits per heavy atom. The highest BCUT2D eigenvalue weighted by atomic mass is 32.2. The van der Waals surface area contributed by atoms with Gasteiger partial charge in [0.25, 0.3) is 0 Å². The van der Waals surface area contributed by atoms with Crippen LogP contribution in [0.2, 0.25) is 0 Å². The van der Waals surface area contributed by atoms with E-state index in [9.17, 15) is 0 Å². The number of benzene rings is 8. The molecule has 3 heterocycles. The summed E-state index contributed by atoms with van der Waals surface area (Å²) < 4.78 is 2.45. The number of rotatable bonds is 3. The molecule has 0 unspecified atom stereocenters. The van der Waals surface area contributed by atoms with Crippen LogP contribution in [-0.4, -0.2) is 4.57 Å². The Labute approximate surface area is 311 Å². The molecule has 0 N–H and O–H groups in total. The van der Waals surface area contributed by atoms with Crippen molar-refractivity contribution < 1.29 is 0 Å². The first kappa shape index (κ1) is 29.9. The lowest BCUT2D eigenvalue weighted by molar-refractivity contribution is 0.668. The minimum absolute atomic E-state index is 0.470. The van der Waals surface area contributed by atoms with Gasteiger partial charge in [0.2, 0.25) is 0 Å². The van der Waals surface area contributed by atoms with E-state index in [-0.39, 0.29) is 0 Å². The van der Waals surface area contributed by atoms with Crippen molar-refractivity contribution in [1.29, 1.82) is 0 Å². The summed E-state index contributed by atoms with van der Waals surface area (Å²) in [6.45, 7) is 0. The Balaban J connectivity index is 1.23. The average molecular weight is 698 g/mol. The van der Waals surface area contributed by atoms with E-state index in [2.05, 4.69) is 193 Å². The van der Waals surface area contributed by atoms with Gasteiger partial charge >= 0.3 is 0 Å². The summed E-state index contributed by atoms with van der Waals surface area (Å²) in [5.74, 6) is 0. The van der Waals surface area contributed by atoms with Crippen LogP contribution in [0.15, 0.2) is 208 Å². The van der Waals surface area contributed by atoms with Crippen molar-refractivity contribution in [3.8, 4) is 27.9 Å². The van der Waals surface area contributed by atoms with Crippen LogP contribution in [0.5, 0.6) is 0 Å². The molecule has 0 fully saturated rings. The standard InChI is InChI=1S/C49H31NS2/c1-3-15-32(16-4-1)36-21-14-25-42-48(36)52-46-31-33(29-30-41(46)49(42)39-23-8-11-27-44(39)51-45-28-12-9-24-40(45)49)35-20-13-22-38-37-19-7-10-26-43(37)50(47(35)38)34-17-5-2-6-18-34/h1-31H. The van der Waals surface area contributed by atoms with E-state index >= 15 is 0 Å². The SMILES string of the molecule is c1ccc(-c2cccc3c2Sc2cc(-c4cccc5c6ccccc6n(-c6ccccc6)c45)ccc2C32c3ccccc3Sc3ccccc32)cc1. The monoisotopic (exact) mass is 697 g/mol. The second kappa shape index (κ2) is 11.6. The summed E-state index contributed by atoms with van der Waals surface area (Å²) in [4.78, 5) is 5.25. The fourth-order valence-corrected chi connectivity index (χ4v) is 11.4. The van der Waals surface area contributed by atoms with Gasteiger partial charge in [0.1, 0.15) is 0 Å². The zero-order valence-corrected chi connectivity index (χ0v) is 29.8. The molecule has 0 amide bonds. The van der Waals surface area contributed by atoms with Gasteiger partial charge in [0, 0.05) is 41.6 Å². The lowest BCUT2D eigenvalue weighted by atomic mass is 9.64. The maximum Gasteiger partial charge on any atom is 0.0745 e. The second-order valence-electron chi connectivity index (χ2n) is 13.6. The van der Waals surface area contributed by atoms with Crippen LogP contribution in [0.1, 0.15) is 22.3 Å². The summed E-state index contributed by atoms with van der Waals surface area (Å²) >= 11 is 3.82. The first-order valence-corrected chi connectivity index (χ1v) is 19.4. The minimum atomic E-state index is -0.470. The summed E-state index contributed by atoms with van der Waals surface area (Å²) in [6.07, 6.45) is 0. The molecule has 0 radical (unpaired) electrons. The van der Waals surface area contributed by atoms with Crippen molar-refractivity contribution in [2.75, 3.05) is 0 Å². The third-order valence-corrected chi connectivity index (χ3v) is 13.3. The Morgan fingerprint density at radius 2 is 0.981 bits per heavy atom. The lowest BCUT2D eigenvalue weighted by Crippen LogP contribution is -2.36. The van der Waals surface area contributed by atoms with Gasteiger partial charge in [-0.2, -0.15) is 0 Å². The van der Waals surface area contributed by atoms with Crippen LogP contribution < -0.4 is 0 Å². The third kappa shape index (κ3) is 4.21. The number of fused-ring (bicyclic) bond motifs is 11. The van der Waals surface area contributed by atoms with Crippen molar-refractivity contribution in [1.82, 2.24) is 4.57 Å². The molecule has 2 aliphatic heterocycles. The fraction of sp³-hybridized carbons (Fsp3) is 0.0204. The van der Waals surface area contributed by atoms with Crippen LogP contribution in [0.25, 0.3) is 49.7 Å². The molecule has 8 aromatic carbocycles. The molecule has 0 saturated carbocycles. The van der Waals surface area contributed by atoms with E-state index in [1.54, 1.807) is 0 Å². The number of para-hydroxylation sites is 3. The highest BCUT2D eigenvalue weighted by molar-refractivity contribution is 8.00. The van der Waals surface area contributed by atoms with Crippen LogP contribution in [0.4, 0.5) is 0 Å². The number of hydrogen-bond acceptors (Lipinski definition) is 2. The van der Waals surface area contributed by atoms with E-state index in [1.165, 1.54) is 91.6 Å². The molecule has 1 spiro atoms. The average Bonchev–Trinajstić information content (AvgIpc) is 3.56. The van der Waals surface area contributed by atoms with E-state index in [0.29, 0.717) is 0 Å². The molecule has 11 rings (SSSR count). The first-order valence-electron chi connectivity index (χ1n) is 17.8. The Bertz CT molecular complexity index is 2810. The zero-order valence-electron chi connectivity index (χ0n) is 28.2. The van der Waals surface area contributed by atoms with Crippen molar-refractivity contribution >= 4 is 45.3 Å². The van der Waals surface area contributed by atoms with Crippen LogP contribution in [0, 0.1) is 0 Å². The van der Waals surface area contributed by atoms with E-state index in [0.717, 1.165) is 0 Å². The van der Waals surface area contributed by atoms with Crippen molar-refractivity contribution in [2.24, 2.45) is 0 Å². The molecule has 0 aliphatic carbocycles. The van der Waals surface area contributed by atoms with Gasteiger partial charge < -0.3 is 4.57 Å². The minimum Gasteiger partial charge on any atom is -0.309 e. The predicted octanol–water partition coefficient (Wildman–Crippen LogP) is 13.4. The van der Waals surface area contributed by atoms with Crippen molar-refractivity contribution in [3.05, 3.63) is 210 Å². The van der Waals surface area contributed by atoms with Crippen molar-refractivity contribution in [3.63, 3.8) is 0 Å². The Morgan fingerprint density at radius 3 is 1.77 bits per heavy atom. The molecule has 0 atom stereocenters. The molecule has 3 heteroatoms. The van der Waals surface area contributed by atoms with Crippen LogP contribution in [-0.2, 0) is 5.41 Å². The smallest absolute Gasteiger partial charge is 0.0745 e. The van der Waals surface area contributed by atoms with E-state index in [4.69, 9.17) is 0 Å². The molecule has 9 aromatic rings. The summed E-state index contributed by atoms with van der Waals surface area (Å²) in [7, 11) is 0. The third-order valence-electron chi connectivity index (χ3n) is 10.9. The summed E-state index contributed by atoms with van der Waals surface area (Å²) in [6, 6.07) is 69.7. The molecule has 1 nitrogen and oxygen atoms in total. The van der Waals surface area contributed by atoms with Gasteiger partial charge in [-0.3, -0.25) is 0 Å². The van der Waals surface area contributed by atoms with Gasteiger partial charge in [-0.15, -0.1) is 0 Å². The second-order valence-corrected chi connectivity index (χ2v) is 15.7. The molecule has 52 heavy (non-hydrogen) atoms. The highest BCUT2D eigenvalue weighted by Crippen LogP contribution is 2.63. The molecule has 2 aliphatic rings. The van der Waals surface area contributed by atoms with Crippen LogP contribution >= 0.6 is 23.5 Å². The van der Waals surface area contributed by atoms with Gasteiger partial charge in [0.05, 0.1) is 16.4 Å². The molecular weight excluding hydrogens is 667 g/mol. The molecule has 0 saturated heterocycles. The van der Waals surface area contributed by atoms with Gasteiger partial charge in [-0.25, -0.2) is 0 Å². The maximum absolute atomic E-state index is 2.47. The molecule has 1 aromatic heterocycles. The number of nitrogens with zero attached hydrogens (tertiary/aromatic N) is 1. The first-order chi connectivity index (χ1) is 25.8. The van der Waals surface area contributed by atoms with E-state index in [1.807, 2.05) is 23.5 Å². The largest absolute Gasteiger partial charge is 0.309 e. The highest BCUT2D eigenvalue weighted by Gasteiger charge is 2.49. The normalized spacial score (nSPS) is 13.8. The van der Waals surface area contributed by atoms with Gasteiger partial charge in [-0.05, 0) is 75.3 Å². The maximum atomic E-state index is 2.47. The van der Waals surface area contributed by atoms with E-state index < -0.39 is 5.41 Å². The molecule has 244 valence electrons. The summed E-state index contributed by atoms with van der Waals surface area (Å²) in [5, 5.41) is 2.53. The Kier molecular flexibility index (Phi) is 6.70. The lowest BCUT2D eigenvalue weighted by Gasteiger charge is -2.46. The number of hydrogen-bond donors (Lipinski definition) is 0. The van der Waals surface area contributed by atoms with Crippen LogP contribution in [0.3, 0.4) is 0 Å². The topological polar surface area (TPSA) is 4.93 Å².